The summed E-state index contributed by atoms with van der Waals surface area (Å²) in [5.41, 5.74) is 5.93. The van der Waals surface area contributed by atoms with Crippen LogP contribution in [0.4, 0.5) is 5.69 Å². The molecule has 1 aromatic rings. The topological polar surface area (TPSA) is 89.4 Å². The summed E-state index contributed by atoms with van der Waals surface area (Å²) in [7, 11) is 0. The van der Waals surface area contributed by atoms with Gasteiger partial charge in [-0.25, -0.2) is 0 Å². The van der Waals surface area contributed by atoms with Crippen LogP contribution in [0.3, 0.4) is 0 Å². The fourth-order valence-electron chi connectivity index (χ4n) is 1.34. The molecule has 0 saturated carbocycles. The second-order valence-electron chi connectivity index (χ2n) is 3.66. The number of benzene rings is 1. The van der Waals surface area contributed by atoms with Crippen molar-refractivity contribution in [1.29, 1.82) is 0 Å². The zero-order valence-electron chi connectivity index (χ0n) is 9.57. The van der Waals surface area contributed by atoms with Gasteiger partial charge in [0.15, 0.2) is 0 Å². The number of aliphatic hydroxyl groups is 1. The molecule has 5 nitrogen and oxygen atoms in total. The number of thioether (sulfide) groups is 1. The SMILES string of the molecule is CCC(N)C(CO)Sc1ccc([N+](=O)[O-])cc1. The van der Waals surface area contributed by atoms with Gasteiger partial charge in [0, 0.05) is 28.3 Å². The summed E-state index contributed by atoms with van der Waals surface area (Å²) < 4.78 is 0. The molecule has 0 saturated heterocycles. The van der Waals surface area contributed by atoms with Gasteiger partial charge >= 0.3 is 0 Å². The molecule has 0 aliphatic carbocycles. The lowest BCUT2D eigenvalue weighted by atomic mass is 10.2. The van der Waals surface area contributed by atoms with E-state index in [9.17, 15) is 15.2 Å². The summed E-state index contributed by atoms with van der Waals surface area (Å²) in [6.45, 7) is 1.96. The molecule has 0 aliphatic heterocycles. The van der Waals surface area contributed by atoms with Crippen molar-refractivity contribution in [2.45, 2.75) is 29.5 Å². The Hall–Kier alpha value is -1.11. The second-order valence-corrected chi connectivity index (χ2v) is 4.97. The quantitative estimate of drug-likeness (QED) is 0.460. The van der Waals surface area contributed by atoms with Crippen molar-refractivity contribution in [1.82, 2.24) is 0 Å². The van der Waals surface area contributed by atoms with Crippen molar-refractivity contribution in [3.05, 3.63) is 34.4 Å². The first-order valence-corrected chi connectivity index (χ1v) is 6.24. The van der Waals surface area contributed by atoms with E-state index in [0.717, 1.165) is 11.3 Å². The van der Waals surface area contributed by atoms with Crippen LogP contribution >= 0.6 is 11.8 Å². The van der Waals surface area contributed by atoms with Gasteiger partial charge in [-0.2, -0.15) is 0 Å². The Morgan fingerprint density at radius 1 is 1.47 bits per heavy atom. The Bertz CT molecular complexity index is 369. The van der Waals surface area contributed by atoms with Crippen molar-refractivity contribution < 1.29 is 10.0 Å². The number of nitro benzene ring substituents is 1. The van der Waals surface area contributed by atoms with Gasteiger partial charge < -0.3 is 10.8 Å². The Kier molecular flexibility index (Phi) is 5.40. The highest BCUT2D eigenvalue weighted by Crippen LogP contribution is 2.27. The summed E-state index contributed by atoms with van der Waals surface area (Å²) in [5.74, 6) is 0. The molecule has 0 radical (unpaired) electrons. The molecule has 1 aromatic carbocycles. The first-order chi connectivity index (χ1) is 8.08. The maximum atomic E-state index is 10.5. The van der Waals surface area contributed by atoms with Gasteiger partial charge in [0.2, 0.25) is 0 Å². The highest BCUT2D eigenvalue weighted by molar-refractivity contribution is 8.00. The van der Waals surface area contributed by atoms with Crippen LogP contribution in [-0.2, 0) is 0 Å². The van der Waals surface area contributed by atoms with Crippen LogP contribution < -0.4 is 5.73 Å². The third-order valence-corrected chi connectivity index (χ3v) is 3.81. The van der Waals surface area contributed by atoms with Crippen LogP contribution in [0.2, 0.25) is 0 Å². The fraction of sp³-hybridized carbons (Fsp3) is 0.455. The molecule has 17 heavy (non-hydrogen) atoms. The third-order valence-electron chi connectivity index (χ3n) is 2.46. The third kappa shape index (κ3) is 3.99. The summed E-state index contributed by atoms with van der Waals surface area (Å²) in [5, 5.41) is 19.6. The van der Waals surface area contributed by atoms with Crippen LogP contribution in [0.1, 0.15) is 13.3 Å². The number of aliphatic hydroxyl groups excluding tert-OH is 1. The van der Waals surface area contributed by atoms with E-state index >= 15 is 0 Å². The van der Waals surface area contributed by atoms with Gasteiger partial charge in [-0.05, 0) is 18.6 Å². The van der Waals surface area contributed by atoms with E-state index in [2.05, 4.69) is 0 Å². The minimum absolute atomic E-state index is 0.00331. The molecule has 0 aromatic heterocycles. The average Bonchev–Trinajstić information content (AvgIpc) is 2.35. The monoisotopic (exact) mass is 256 g/mol. The van der Waals surface area contributed by atoms with Gasteiger partial charge in [0.1, 0.15) is 0 Å². The molecule has 0 aliphatic rings. The van der Waals surface area contributed by atoms with Crippen LogP contribution in [0.5, 0.6) is 0 Å². The van der Waals surface area contributed by atoms with E-state index in [-0.39, 0.29) is 23.6 Å². The Balaban J connectivity index is 2.70. The van der Waals surface area contributed by atoms with Crippen LogP contribution in [0.15, 0.2) is 29.2 Å². The largest absolute Gasteiger partial charge is 0.395 e. The smallest absolute Gasteiger partial charge is 0.269 e. The van der Waals surface area contributed by atoms with Crippen molar-refractivity contribution >= 4 is 17.4 Å². The van der Waals surface area contributed by atoms with E-state index < -0.39 is 4.92 Å². The van der Waals surface area contributed by atoms with Crippen LogP contribution in [-0.4, -0.2) is 27.9 Å². The molecule has 1 rings (SSSR count). The molecule has 2 atom stereocenters. The van der Waals surface area contributed by atoms with E-state index in [1.54, 1.807) is 12.1 Å². The fourth-order valence-corrected chi connectivity index (χ4v) is 2.43. The second kappa shape index (κ2) is 6.58. The minimum atomic E-state index is -0.435. The van der Waals surface area contributed by atoms with Gasteiger partial charge in [0.05, 0.1) is 11.5 Å². The molecule has 0 spiro atoms. The Labute approximate surface area is 104 Å². The number of hydrogen-bond donors (Lipinski definition) is 2. The molecule has 3 N–H and O–H groups in total. The molecule has 0 fully saturated rings. The number of nitrogens with two attached hydrogens (primary N) is 1. The number of hydrogen-bond acceptors (Lipinski definition) is 5. The summed E-state index contributed by atoms with van der Waals surface area (Å²) >= 11 is 1.44. The van der Waals surface area contributed by atoms with E-state index in [1.807, 2.05) is 6.92 Å². The lowest BCUT2D eigenvalue weighted by molar-refractivity contribution is -0.384. The van der Waals surface area contributed by atoms with Crippen molar-refractivity contribution in [2.75, 3.05) is 6.61 Å². The average molecular weight is 256 g/mol. The highest BCUT2D eigenvalue weighted by Gasteiger charge is 2.17. The van der Waals surface area contributed by atoms with Gasteiger partial charge in [-0.1, -0.05) is 6.92 Å². The predicted octanol–water partition coefficient (Wildman–Crippen LogP) is 1.79. The van der Waals surface area contributed by atoms with E-state index in [4.69, 9.17) is 5.73 Å². The molecule has 94 valence electrons. The first kappa shape index (κ1) is 14.0. The van der Waals surface area contributed by atoms with Gasteiger partial charge in [0.25, 0.3) is 5.69 Å². The van der Waals surface area contributed by atoms with Crippen LogP contribution in [0, 0.1) is 10.1 Å². The number of nitro groups is 1. The molecular weight excluding hydrogens is 240 g/mol. The number of nitrogens with zero attached hydrogens (tertiary/aromatic N) is 1. The van der Waals surface area contributed by atoms with Crippen LogP contribution in [0.25, 0.3) is 0 Å². The molecule has 6 heteroatoms. The maximum Gasteiger partial charge on any atom is 0.269 e. The van der Waals surface area contributed by atoms with E-state index in [1.165, 1.54) is 23.9 Å². The molecule has 0 amide bonds. The predicted molar refractivity (Wildman–Crippen MR) is 68.1 cm³/mol. The molecular formula is C11H16N2O3S. The Morgan fingerprint density at radius 3 is 2.47 bits per heavy atom. The standard InChI is InChI=1S/C11H16N2O3S/c1-2-10(12)11(7-14)17-9-5-3-8(4-6-9)13(15)16/h3-6,10-11,14H,2,7,12H2,1H3. The van der Waals surface area contributed by atoms with Gasteiger partial charge in [-0.15, -0.1) is 11.8 Å². The summed E-state index contributed by atoms with van der Waals surface area (Å²) in [6.07, 6.45) is 0.783. The number of non-ortho nitro benzene ring substituents is 1. The Morgan fingerprint density at radius 2 is 2.06 bits per heavy atom. The summed E-state index contributed by atoms with van der Waals surface area (Å²) in [6, 6.07) is 6.17. The molecule has 0 heterocycles. The maximum absolute atomic E-state index is 10.5. The lowest BCUT2D eigenvalue weighted by Gasteiger charge is -2.19. The van der Waals surface area contributed by atoms with Crippen molar-refractivity contribution in [3.8, 4) is 0 Å². The first-order valence-electron chi connectivity index (χ1n) is 5.36. The van der Waals surface area contributed by atoms with Crippen molar-refractivity contribution in [3.63, 3.8) is 0 Å². The van der Waals surface area contributed by atoms with Crippen molar-refractivity contribution in [2.24, 2.45) is 5.73 Å². The molecule has 0 bridgehead atoms. The normalized spacial score (nSPS) is 14.3. The highest BCUT2D eigenvalue weighted by atomic mass is 32.2. The summed E-state index contributed by atoms with van der Waals surface area (Å²) in [4.78, 5) is 10.9. The zero-order valence-corrected chi connectivity index (χ0v) is 10.4. The molecule has 2 unspecified atom stereocenters. The lowest BCUT2D eigenvalue weighted by Crippen LogP contribution is -2.34. The van der Waals surface area contributed by atoms with Gasteiger partial charge in [-0.3, -0.25) is 10.1 Å². The van der Waals surface area contributed by atoms with E-state index in [0.29, 0.717) is 0 Å². The minimum Gasteiger partial charge on any atom is -0.395 e. The zero-order chi connectivity index (χ0) is 12.8. The number of rotatable bonds is 6.